The van der Waals surface area contributed by atoms with Gasteiger partial charge in [-0.05, 0) is 29.7 Å². The molecule has 0 aliphatic heterocycles. The quantitative estimate of drug-likeness (QED) is 0.834. The third kappa shape index (κ3) is 4.00. The molecule has 1 atom stereocenters. The van der Waals surface area contributed by atoms with Crippen molar-refractivity contribution in [2.24, 2.45) is 0 Å². The maximum atomic E-state index is 13.6. The van der Waals surface area contributed by atoms with Crippen LogP contribution in [-0.2, 0) is 4.79 Å². The van der Waals surface area contributed by atoms with Crippen molar-refractivity contribution in [1.29, 1.82) is 0 Å². The van der Waals surface area contributed by atoms with Crippen molar-refractivity contribution in [2.45, 2.75) is 19.3 Å². The first-order valence-electron chi connectivity index (χ1n) is 6.75. The van der Waals surface area contributed by atoms with Crippen LogP contribution in [0.5, 0.6) is 0 Å². The number of carbonyl (C=O) groups is 2. The fourth-order valence-corrected chi connectivity index (χ4v) is 2.06. The van der Waals surface area contributed by atoms with Gasteiger partial charge in [0.05, 0.1) is 12.8 Å². The van der Waals surface area contributed by atoms with Crippen LogP contribution in [0.1, 0.15) is 35.4 Å². The molecule has 1 heterocycles. The van der Waals surface area contributed by atoms with Crippen LogP contribution < -0.4 is 5.32 Å². The molecule has 0 bridgehead atoms. The van der Waals surface area contributed by atoms with Crippen molar-refractivity contribution < 1.29 is 22.8 Å². The van der Waals surface area contributed by atoms with Gasteiger partial charge in [0, 0.05) is 12.5 Å². The summed E-state index contributed by atoms with van der Waals surface area (Å²) in [6, 6.07) is 6.33. The number of amides is 1. The summed E-state index contributed by atoms with van der Waals surface area (Å²) in [5.41, 5.74) is 0.258. The van der Waals surface area contributed by atoms with Gasteiger partial charge in [0.1, 0.15) is 11.6 Å². The van der Waals surface area contributed by atoms with Crippen LogP contribution in [0.2, 0.25) is 0 Å². The Morgan fingerprint density at radius 1 is 1.27 bits per heavy atom. The molecule has 1 N–H and O–H groups in total. The summed E-state index contributed by atoms with van der Waals surface area (Å²) >= 11 is 0. The Morgan fingerprint density at radius 3 is 2.68 bits per heavy atom. The molecule has 1 aromatic carbocycles. The lowest BCUT2D eigenvalue weighted by molar-refractivity contribution is -0.121. The van der Waals surface area contributed by atoms with Crippen LogP contribution in [0.3, 0.4) is 0 Å². The highest BCUT2D eigenvalue weighted by Crippen LogP contribution is 2.22. The van der Waals surface area contributed by atoms with Crippen molar-refractivity contribution in [3.63, 3.8) is 0 Å². The van der Waals surface area contributed by atoms with Crippen molar-refractivity contribution in [3.05, 3.63) is 59.6 Å². The Labute approximate surface area is 126 Å². The van der Waals surface area contributed by atoms with Crippen LogP contribution in [-0.4, -0.2) is 18.2 Å². The lowest BCUT2D eigenvalue weighted by atomic mass is 9.97. The second-order valence-corrected chi connectivity index (χ2v) is 4.95. The van der Waals surface area contributed by atoms with E-state index in [0.717, 1.165) is 12.1 Å². The van der Waals surface area contributed by atoms with Crippen LogP contribution in [0, 0.1) is 11.6 Å². The van der Waals surface area contributed by atoms with Crippen molar-refractivity contribution >= 4 is 11.7 Å². The molecule has 0 aliphatic rings. The number of furan rings is 1. The Kier molecular flexibility index (Phi) is 5.04. The molecule has 2 rings (SSSR count). The fourth-order valence-electron chi connectivity index (χ4n) is 2.06. The summed E-state index contributed by atoms with van der Waals surface area (Å²) < 4.78 is 31.4. The number of hydrogen-bond acceptors (Lipinski definition) is 3. The van der Waals surface area contributed by atoms with E-state index in [0.29, 0.717) is 0 Å². The summed E-state index contributed by atoms with van der Waals surface area (Å²) in [6.07, 6.45) is 1.36. The predicted octanol–water partition coefficient (Wildman–Crippen LogP) is 3.05. The van der Waals surface area contributed by atoms with E-state index in [9.17, 15) is 18.4 Å². The molecule has 22 heavy (non-hydrogen) atoms. The number of carbonyl (C=O) groups excluding carboxylic acids is 2. The molecule has 1 aromatic heterocycles. The second-order valence-electron chi connectivity index (χ2n) is 4.95. The number of hydrogen-bond donors (Lipinski definition) is 1. The molecule has 0 saturated heterocycles. The van der Waals surface area contributed by atoms with Crippen molar-refractivity contribution in [1.82, 2.24) is 5.32 Å². The van der Waals surface area contributed by atoms with Gasteiger partial charge < -0.3 is 9.73 Å². The molecule has 0 unspecified atom stereocenters. The number of rotatable bonds is 6. The zero-order chi connectivity index (χ0) is 16.1. The minimum atomic E-state index is -0.688. The number of benzene rings is 1. The number of Topliss-reactive ketones (excluding diaryl/α,β-unsaturated/α-hetero) is 1. The van der Waals surface area contributed by atoms with Crippen LogP contribution in [0.4, 0.5) is 8.78 Å². The Morgan fingerprint density at radius 2 is 2.05 bits per heavy atom. The van der Waals surface area contributed by atoms with Gasteiger partial charge in [-0.15, -0.1) is 0 Å². The van der Waals surface area contributed by atoms with Crippen molar-refractivity contribution in [3.8, 4) is 0 Å². The summed E-state index contributed by atoms with van der Waals surface area (Å²) in [5, 5.41) is 2.46. The van der Waals surface area contributed by atoms with Gasteiger partial charge in [-0.25, -0.2) is 8.78 Å². The first kappa shape index (κ1) is 15.9. The Hall–Kier alpha value is -2.50. The summed E-state index contributed by atoms with van der Waals surface area (Å²) in [7, 11) is 0. The minimum Gasteiger partial charge on any atom is -0.461 e. The monoisotopic (exact) mass is 307 g/mol. The van der Waals surface area contributed by atoms with Crippen molar-refractivity contribution in [2.75, 3.05) is 6.54 Å². The fraction of sp³-hybridized carbons (Fsp3) is 0.250. The third-order valence-electron chi connectivity index (χ3n) is 3.23. The first-order chi connectivity index (χ1) is 10.5. The van der Waals surface area contributed by atoms with E-state index in [1.54, 1.807) is 13.0 Å². The molecule has 6 heteroatoms. The maximum Gasteiger partial charge on any atom is 0.220 e. The molecule has 2 aromatic rings. The molecular formula is C16H15F2NO3. The van der Waals surface area contributed by atoms with Crippen LogP contribution in [0.15, 0.2) is 41.0 Å². The molecule has 0 spiro atoms. The highest BCUT2D eigenvalue weighted by molar-refractivity contribution is 5.97. The van der Waals surface area contributed by atoms with Gasteiger partial charge in [-0.3, -0.25) is 9.59 Å². The van der Waals surface area contributed by atoms with Gasteiger partial charge in [0.25, 0.3) is 0 Å². The highest BCUT2D eigenvalue weighted by atomic mass is 19.1. The van der Waals surface area contributed by atoms with Gasteiger partial charge in [0.2, 0.25) is 11.7 Å². The minimum absolute atomic E-state index is 0.00597. The molecule has 0 radical (unpaired) electrons. The van der Waals surface area contributed by atoms with Crippen LogP contribution in [0.25, 0.3) is 0 Å². The third-order valence-corrected chi connectivity index (χ3v) is 3.23. The maximum absolute atomic E-state index is 13.6. The zero-order valence-electron chi connectivity index (χ0n) is 11.9. The number of halogens is 2. The zero-order valence-corrected chi connectivity index (χ0v) is 11.9. The number of nitrogens with one attached hydrogen (secondary N) is 1. The van der Waals surface area contributed by atoms with E-state index in [1.807, 2.05) is 0 Å². The molecule has 1 amide bonds. The lowest BCUT2D eigenvalue weighted by Crippen LogP contribution is -2.30. The van der Waals surface area contributed by atoms with E-state index in [1.165, 1.54) is 18.4 Å². The largest absolute Gasteiger partial charge is 0.461 e. The number of ketones is 1. The molecular weight excluding hydrogens is 292 g/mol. The molecule has 116 valence electrons. The highest BCUT2D eigenvalue weighted by Gasteiger charge is 2.17. The van der Waals surface area contributed by atoms with E-state index in [4.69, 9.17) is 4.42 Å². The first-order valence-corrected chi connectivity index (χ1v) is 6.75. The normalized spacial score (nSPS) is 12.0. The smallest absolute Gasteiger partial charge is 0.220 e. The summed E-state index contributed by atoms with van der Waals surface area (Å²) in [4.78, 5) is 23.4. The van der Waals surface area contributed by atoms with E-state index < -0.39 is 23.5 Å². The Balaban J connectivity index is 1.87. The van der Waals surface area contributed by atoms with E-state index in [-0.39, 0.29) is 30.1 Å². The SMILES string of the molecule is C[C@@H](CC(=O)NCC(=O)c1ccco1)c1ccc(F)cc1F. The van der Waals surface area contributed by atoms with Gasteiger partial charge >= 0.3 is 0 Å². The lowest BCUT2D eigenvalue weighted by Gasteiger charge is -2.12. The molecule has 0 fully saturated rings. The Bertz CT molecular complexity index is 668. The van der Waals surface area contributed by atoms with E-state index >= 15 is 0 Å². The van der Waals surface area contributed by atoms with Gasteiger partial charge in [-0.2, -0.15) is 0 Å². The average molecular weight is 307 g/mol. The van der Waals surface area contributed by atoms with Crippen LogP contribution >= 0.6 is 0 Å². The second kappa shape index (κ2) is 6.98. The van der Waals surface area contributed by atoms with Gasteiger partial charge in [0.15, 0.2) is 5.76 Å². The molecule has 0 aliphatic carbocycles. The topological polar surface area (TPSA) is 59.3 Å². The average Bonchev–Trinajstić information content (AvgIpc) is 2.98. The van der Waals surface area contributed by atoms with E-state index in [2.05, 4.69) is 5.32 Å². The van der Waals surface area contributed by atoms with Gasteiger partial charge in [-0.1, -0.05) is 13.0 Å². The summed E-state index contributed by atoms with van der Waals surface area (Å²) in [6.45, 7) is 1.47. The summed E-state index contributed by atoms with van der Waals surface area (Å²) in [5.74, 6) is -2.36. The standard InChI is InChI=1S/C16H15F2NO3/c1-10(12-5-4-11(17)8-13(12)18)7-16(21)19-9-14(20)15-3-2-6-22-15/h2-6,8,10H,7,9H2,1H3,(H,19,21)/t10-/m0/s1. The molecule has 0 saturated carbocycles. The predicted molar refractivity (Wildman–Crippen MR) is 75.4 cm³/mol. The molecule has 4 nitrogen and oxygen atoms in total.